The van der Waals surface area contributed by atoms with Gasteiger partial charge in [0.2, 0.25) is 0 Å². The Labute approximate surface area is 315 Å². The van der Waals surface area contributed by atoms with Gasteiger partial charge in [-0.1, -0.05) is 36.2 Å². The van der Waals surface area contributed by atoms with Crippen LogP contribution in [0.25, 0.3) is 34.0 Å². The van der Waals surface area contributed by atoms with E-state index in [1.165, 1.54) is 25.1 Å². The molecule has 1 aliphatic rings. The van der Waals surface area contributed by atoms with Crippen molar-refractivity contribution in [2.75, 3.05) is 11.4 Å². The third kappa shape index (κ3) is 11.2. The fourth-order valence-electron chi connectivity index (χ4n) is 5.33. The number of nitrogens with zero attached hydrogens (tertiary/aromatic N) is 5. The highest BCUT2D eigenvalue weighted by molar-refractivity contribution is 6.10. The molecule has 0 spiro atoms. The molecule has 14 nitrogen and oxygen atoms in total. The van der Waals surface area contributed by atoms with E-state index in [9.17, 15) is 19.2 Å². The van der Waals surface area contributed by atoms with Gasteiger partial charge in [0.1, 0.15) is 22.5 Å². The van der Waals surface area contributed by atoms with E-state index < -0.39 is 35.1 Å². The molecule has 14 heteroatoms. The maximum atomic E-state index is 13.7. The van der Waals surface area contributed by atoms with Gasteiger partial charge >= 0.3 is 18.3 Å². The monoisotopic (exact) mass is 742 g/mol. The number of imide groups is 1. The van der Waals surface area contributed by atoms with E-state index in [2.05, 4.69) is 15.5 Å². The van der Waals surface area contributed by atoms with Gasteiger partial charge in [-0.15, -0.1) is 0 Å². The number of carbonyl (C=O) groups excluding carboxylic acids is 3. The van der Waals surface area contributed by atoms with Crippen molar-refractivity contribution in [3.8, 4) is 34.0 Å². The molecule has 0 unspecified atom stereocenters. The molecule has 4 aromatic rings. The van der Waals surface area contributed by atoms with Gasteiger partial charge in [-0.2, -0.15) is 4.90 Å². The van der Waals surface area contributed by atoms with Crippen molar-refractivity contribution in [1.82, 2.24) is 25.0 Å². The Bertz CT molecular complexity index is 2020. The molecule has 0 aliphatic heterocycles. The maximum Gasteiger partial charge on any atom is 0.425 e. The predicted molar refractivity (Wildman–Crippen MR) is 203 cm³/mol. The number of benzene rings is 1. The summed E-state index contributed by atoms with van der Waals surface area (Å²) < 4.78 is 24.1. The molecule has 1 aliphatic carbocycles. The summed E-state index contributed by atoms with van der Waals surface area (Å²) in [6.07, 6.45) is 4.37. The minimum Gasteiger partial charge on any atom is -0.444 e. The zero-order chi connectivity index (χ0) is 39.4. The number of hydrogen-bond donors (Lipinski definition) is 1. The molecule has 0 saturated heterocycles. The van der Waals surface area contributed by atoms with Crippen LogP contribution in [0.2, 0.25) is 0 Å². The second-order valence-electron chi connectivity index (χ2n) is 16.4. The van der Waals surface area contributed by atoms with Gasteiger partial charge in [0.25, 0.3) is 5.56 Å². The van der Waals surface area contributed by atoms with Crippen molar-refractivity contribution in [3.63, 3.8) is 0 Å². The Hall–Kier alpha value is -5.53. The number of pyridine rings is 1. The van der Waals surface area contributed by atoms with Crippen molar-refractivity contribution in [2.24, 2.45) is 5.92 Å². The van der Waals surface area contributed by atoms with Crippen LogP contribution >= 0.6 is 0 Å². The van der Waals surface area contributed by atoms with Crippen molar-refractivity contribution in [3.05, 3.63) is 70.8 Å². The van der Waals surface area contributed by atoms with Crippen molar-refractivity contribution in [1.29, 1.82) is 0 Å². The van der Waals surface area contributed by atoms with Crippen LogP contribution in [-0.4, -0.2) is 61.3 Å². The van der Waals surface area contributed by atoms with Crippen LogP contribution in [0, 0.1) is 5.92 Å². The lowest BCUT2D eigenvalue weighted by molar-refractivity contribution is 0.0426. The van der Waals surface area contributed by atoms with Gasteiger partial charge < -0.3 is 28.6 Å². The number of aryl methyl sites for hydroxylation is 1. The summed E-state index contributed by atoms with van der Waals surface area (Å²) in [4.78, 5) is 62.4. The smallest absolute Gasteiger partial charge is 0.425 e. The van der Waals surface area contributed by atoms with Crippen molar-refractivity contribution in [2.45, 2.75) is 111 Å². The van der Waals surface area contributed by atoms with E-state index in [4.69, 9.17) is 23.7 Å². The summed E-state index contributed by atoms with van der Waals surface area (Å²) in [7, 11) is 0. The molecule has 3 amide bonds. The first-order valence-corrected chi connectivity index (χ1v) is 18.1. The second-order valence-corrected chi connectivity index (χ2v) is 16.4. The minimum absolute atomic E-state index is 0.0106. The molecule has 3 heterocycles. The summed E-state index contributed by atoms with van der Waals surface area (Å²) in [5.74, 6) is 0.535. The molecular formula is C40H50N6O8. The van der Waals surface area contributed by atoms with Gasteiger partial charge in [0.15, 0.2) is 17.3 Å². The van der Waals surface area contributed by atoms with Crippen LogP contribution in [0.15, 0.2) is 64.2 Å². The van der Waals surface area contributed by atoms with Crippen LogP contribution in [0.5, 0.6) is 0 Å². The fourth-order valence-corrected chi connectivity index (χ4v) is 5.33. The molecule has 288 valence electrons. The first-order valence-electron chi connectivity index (χ1n) is 18.1. The van der Waals surface area contributed by atoms with Crippen LogP contribution in [0.4, 0.5) is 20.2 Å². The van der Waals surface area contributed by atoms with Crippen LogP contribution in [0.3, 0.4) is 0 Å². The first-order chi connectivity index (χ1) is 25.2. The lowest BCUT2D eigenvalue weighted by Crippen LogP contribution is -2.44. The molecular weight excluding hydrogens is 692 g/mol. The highest BCUT2D eigenvalue weighted by atomic mass is 16.6. The summed E-state index contributed by atoms with van der Waals surface area (Å²) in [6.45, 7) is 16.4. The zero-order valence-corrected chi connectivity index (χ0v) is 32.5. The highest BCUT2D eigenvalue weighted by Gasteiger charge is 2.37. The quantitative estimate of drug-likeness (QED) is 0.156. The number of hydrogen-bond acceptors (Lipinski definition) is 11. The van der Waals surface area contributed by atoms with E-state index in [1.807, 2.05) is 24.3 Å². The number of ether oxygens (including phenoxy) is 3. The van der Waals surface area contributed by atoms with Gasteiger partial charge in [-0.25, -0.2) is 24.4 Å². The lowest BCUT2D eigenvalue weighted by Gasteiger charge is -2.28. The number of carbonyl (C=O) groups is 3. The van der Waals surface area contributed by atoms with Gasteiger partial charge in [-0.3, -0.25) is 4.79 Å². The number of anilines is 1. The van der Waals surface area contributed by atoms with Crippen molar-refractivity contribution < 1.29 is 33.1 Å². The Morgan fingerprint density at radius 3 is 2.17 bits per heavy atom. The molecule has 3 aromatic heterocycles. The minimum atomic E-state index is -1.03. The molecule has 0 bridgehead atoms. The third-order valence-corrected chi connectivity index (χ3v) is 7.92. The molecule has 1 N–H and O–H groups in total. The third-order valence-electron chi connectivity index (χ3n) is 7.92. The SMILES string of the molecule is CC(C)(C)OC(=O)NCCc1cccc(-c2cc(-c3nc(-c4ccc(=O)n(CCC5CC5)c4)cnc3N(C(=O)OC(C)(C)C)C(=O)OC(C)(C)C)on2)c1. The normalized spacial score (nSPS) is 13.3. The number of alkyl carbamates (subject to hydrolysis) is 1. The molecule has 0 radical (unpaired) electrons. The van der Waals surface area contributed by atoms with E-state index in [0.29, 0.717) is 52.8 Å². The number of nitrogens with one attached hydrogen (secondary N) is 1. The number of aromatic nitrogens is 4. The van der Waals surface area contributed by atoms with E-state index in [-0.39, 0.29) is 22.8 Å². The summed E-state index contributed by atoms with van der Waals surface area (Å²) >= 11 is 0. The second kappa shape index (κ2) is 15.8. The fraction of sp³-hybridized carbons (Fsp3) is 0.475. The highest BCUT2D eigenvalue weighted by Crippen LogP contribution is 2.35. The average Bonchev–Trinajstić information content (AvgIpc) is 3.75. The van der Waals surface area contributed by atoms with E-state index >= 15 is 0 Å². The van der Waals surface area contributed by atoms with Crippen LogP contribution < -0.4 is 15.8 Å². The summed E-state index contributed by atoms with van der Waals surface area (Å²) in [6, 6.07) is 12.3. The Morgan fingerprint density at radius 2 is 1.54 bits per heavy atom. The Balaban J connectivity index is 1.54. The number of amides is 3. The van der Waals surface area contributed by atoms with Gasteiger partial charge in [0, 0.05) is 42.5 Å². The molecule has 0 atom stereocenters. The summed E-state index contributed by atoms with van der Waals surface area (Å²) in [5.41, 5.74) is 0.382. The molecule has 1 fully saturated rings. The topological polar surface area (TPSA) is 168 Å². The molecule has 5 rings (SSSR count). The largest absolute Gasteiger partial charge is 0.444 e. The van der Waals surface area contributed by atoms with Gasteiger partial charge in [-0.05, 0) is 98.8 Å². The van der Waals surface area contributed by atoms with Crippen LogP contribution in [-0.2, 0) is 27.2 Å². The Kier molecular flexibility index (Phi) is 11.6. The predicted octanol–water partition coefficient (Wildman–Crippen LogP) is 8.17. The molecule has 54 heavy (non-hydrogen) atoms. The summed E-state index contributed by atoms with van der Waals surface area (Å²) in [5, 5.41) is 7.07. The first kappa shape index (κ1) is 39.7. The molecule has 1 aromatic carbocycles. The number of rotatable bonds is 10. The van der Waals surface area contributed by atoms with E-state index in [0.717, 1.165) is 12.0 Å². The lowest BCUT2D eigenvalue weighted by atomic mass is 10.1. The average molecular weight is 743 g/mol. The van der Waals surface area contributed by atoms with Gasteiger partial charge in [0.05, 0.1) is 11.9 Å². The molecule has 1 saturated carbocycles. The standard InChI is InChI=1S/C40H50N6O8/c1-38(2,3)51-35(48)41-19-17-26-11-10-12-27(21-26)29-22-31(54-44-29)33-34(46(36(49)52-39(4,5)6)37(50)53-40(7,8)9)42-23-30(43-33)28-15-16-32(47)45(24-28)20-18-25-13-14-25/h10-12,15-16,21-25H,13-14,17-20H2,1-9H3,(H,41,48). The van der Waals surface area contributed by atoms with Crippen molar-refractivity contribution >= 4 is 24.1 Å². The van der Waals surface area contributed by atoms with E-state index in [1.54, 1.807) is 85.2 Å². The van der Waals surface area contributed by atoms with Crippen LogP contribution in [0.1, 0.15) is 87.1 Å². The Morgan fingerprint density at radius 1 is 0.870 bits per heavy atom. The maximum absolute atomic E-state index is 13.7. The zero-order valence-electron chi connectivity index (χ0n) is 32.5.